The number of ether oxygens (including phenoxy) is 1. The zero-order chi connectivity index (χ0) is 20.1. The van der Waals surface area contributed by atoms with Crippen LogP contribution in [-0.2, 0) is 24.1 Å². The highest BCUT2D eigenvalue weighted by atomic mass is 16.5. The van der Waals surface area contributed by atoms with Crippen molar-refractivity contribution in [3.63, 3.8) is 0 Å². The van der Waals surface area contributed by atoms with Crippen molar-refractivity contribution in [2.24, 2.45) is 0 Å². The first-order valence-corrected chi connectivity index (χ1v) is 9.33. The van der Waals surface area contributed by atoms with Gasteiger partial charge in [-0.2, -0.15) is 4.98 Å². The van der Waals surface area contributed by atoms with Crippen LogP contribution in [0.25, 0.3) is 0 Å². The number of carbonyl (C=O) groups excluding carboxylic acids is 2. The number of hydrogen-bond acceptors (Lipinski definition) is 6. The number of nitrogens with zero attached hydrogens (tertiary/aromatic N) is 4. The summed E-state index contributed by atoms with van der Waals surface area (Å²) in [5.74, 6) is 1.05. The molecule has 28 heavy (non-hydrogen) atoms. The molecule has 9 nitrogen and oxygen atoms in total. The van der Waals surface area contributed by atoms with Crippen LogP contribution < -0.4 is 10.2 Å². The summed E-state index contributed by atoms with van der Waals surface area (Å²) in [6.45, 7) is 2.91. The second kappa shape index (κ2) is 8.73. The van der Waals surface area contributed by atoms with Gasteiger partial charge in [-0.15, -0.1) is 0 Å². The lowest BCUT2D eigenvalue weighted by Gasteiger charge is -2.28. The average Bonchev–Trinajstić information content (AvgIpc) is 3.13. The van der Waals surface area contributed by atoms with Crippen molar-refractivity contribution in [1.82, 2.24) is 15.0 Å². The summed E-state index contributed by atoms with van der Waals surface area (Å²) in [4.78, 5) is 31.8. The fourth-order valence-corrected chi connectivity index (χ4v) is 3.15. The van der Waals surface area contributed by atoms with Gasteiger partial charge in [0.1, 0.15) is 0 Å². The molecule has 0 unspecified atom stereocenters. The molecule has 150 valence electrons. The largest absolute Gasteiger partial charge is 0.452 e. The van der Waals surface area contributed by atoms with Gasteiger partial charge in [-0.1, -0.05) is 12.1 Å². The molecule has 0 spiro atoms. The third-order valence-corrected chi connectivity index (χ3v) is 4.54. The molecule has 2 aromatic rings. The molecule has 0 atom stereocenters. The van der Waals surface area contributed by atoms with Crippen LogP contribution >= 0.6 is 0 Å². The number of fused-ring (bicyclic) bond motifs is 1. The minimum Gasteiger partial charge on any atom is -0.452 e. The van der Waals surface area contributed by atoms with Crippen LogP contribution in [0.15, 0.2) is 22.7 Å². The number of amides is 3. The van der Waals surface area contributed by atoms with Gasteiger partial charge in [0.15, 0.2) is 5.82 Å². The summed E-state index contributed by atoms with van der Waals surface area (Å²) < 4.78 is 9.98. The Labute approximate surface area is 163 Å². The lowest BCUT2D eigenvalue weighted by molar-refractivity contribution is 0.178. The van der Waals surface area contributed by atoms with Crippen LogP contribution in [0, 0.1) is 0 Å². The zero-order valence-electron chi connectivity index (χ0n) is 16.4. The molecule has 0 saturated heterocycles. The molecule has 3 amide bonds. The second-order valence-corrected chi connectivity index (χ2v) is 6.71. The Morgan fingerprint density at radius 2 is 2.21 bits per heavy atom. The Balaban J connectivity index is 1.64. The summed E-state index contributed by atoms with van der Waals surface area (Å²) in [5.41, 5.74) is 2.49. The van der Waals surface area contributed by atoms with Gasteiger partial charge in [0.2, 0.25) is 5.89 Å². The first-order chi connectivity index (χ1) is 13.5. The third kappa shape index (κ3) is 4.41. The van der Waals surface area contributed by atoms with Gasteiger partial charge < -0.3 is 19.5 Å². The van der Waals surface area contributed by atoms with E-state index < -0.39 is 0 Å². The fourth-order valence-electron chi connectivity index (χ4n) is 3.15. The first kappa shape index (κ1) is 19.7. The Morgan fingerprint density at radius 3 is 2.96 bits per heavy atom. The average molecular weight is 387 g/mol. The Morgan fingerprint density at radius 1 is 1.39 bits per heavy atom. The number of aromatic nitrogens is 2. The number of rotatable bonds is 5. The van der Waals surface area contributed by atoms with Crippen molar-refractivity contribution >= 4 is 23.5 Å². The number of benzene rings is 1. The highest BCUT2D eigenvalue weighted by Crippen LogP contribution is 2.30. The summed E-state index contributed by atoms with van der Waals surface area (Å²) in [6, 6.07) is 5.23. The molecule has 1 aromatic carbocycles. The molecule has 1 aliphatic heterocycles. The van der Waals surface area contributed by atoms with Gasteiger partial charge in [-0.3, -0.25) is 4.90 Å². The number of urea groups is 1. The van der Waals surface area contributed by atoms with Crippen molar-refractivity contribution < 1.29 is 18.8 Å². The van der Waals surface area contributed by atoms with Gasteiger partial charge in [0.25, 0.3) is 0 Å². The van der Waals surface area contributed by atoms with E-state index in [1.165, 1.54) is 12.0 Å². The normalized spacial score (nSPS) is 13.0. The van der Waals surface area contributed by atoms with Crippen LogP contribution in [0.3, 0.4) is 0 Å². The Bertz CT molecular complexity index is 851. The molecule has 0 radical (unpaired) electrons. The van der Waals surface area contributed by atoms with Crippen molar-refractivity contribution in [2.75, 3.05) is 30.9 Å². The maximum absolute atomic E-state index is 12.5. The van der Waals surface area contributed by atoms with Gasteiger partial charge in [-0.25, -0.2) is 9.59 Å². The molecule has 0 saturated carbocycles. The quantitative estimate of drug-likeness (QED) is 0.845. The number of carbonyl (C=O) groups is 2. The third-order valence-electron chi connectivity index (χ3n) is 4.54. The van der Waals surface area contributed by atoms with E-state index in [0.717, 1.165) is 36.9 Å². The predicted molar refractivity (Wildman–Crippen MR) is 103 cm³/mol. The van der Waals surface area contributed by atoms with Gasteiger partial charge >= 0.3 is 12.1 Å². The van der Waals surface area contributed by atoms with E-state index in [-0.39, 0.29) is 18.7 Å². The number of hydrogen-bond donors (Lipinski definition) is 1. The Hall–Kier alpha value is -3.10. The van der Waals surface area contributed by atoms with E-state index in [1.54, 1.807) is 18.0 Å². The van der Waals surface area contributed by atoms with Crippen molar-refractivity contribution in [3.05, 3.63) is 35.5 Å². The van der Waals surface area contributed by atoms with Crippen molar-refractivity contribution in [3.8, 4) is 0 Å². The molecule has 1 N–H and O–H groups in total. The smallest absolute Gasteiger partial charge is 0.414 e. The summed E-state index contributed by atoms with van der Waals surface area (Å²) in [5, 5.41) is 6.77. The van der Waals surface area contributed by atoms with Crippen LogP contribution in [0.1, 0.15) is 37.0 Å². The molecule has 1 aliphatic rings. The van der Waals surface area contributed by atoms with E-state index in [2.05, 4.69) is 15.5 Å². The van der Waals surface area contributed by atoms with Crippen molar-refractivity contribution in [2.45, 2.75) is 39.2 Å². The van der Waals surface area contributed by atoms with E-state index in [0.29, 0.717) is 23.9 Å². The number of anilines is 2. The van der Waals surface area contributed by atoms with Crippen LogP contribution in [-0.4, -0.2) is 47.9 Å². The predicted octanol–water partition coefficient (Wildman–Crippen LogP) is 3.21. The summed E-state index contributed by atoms with van der Waals surface area (Å²) >= 11 is 0. The number of aryl methyl sites for hydroxylation is 2. The first-order valence-electron chi connectivity index (χ1n) is 9.33. The van der Waals surface area contributed by atoms with Gasteiger partial charge in [0, 0.05) is 25.7 Å². The van der Waals surface area contributed by atoms with Crippen LogP contribution in [0.5, 0.6) is 0 Å². The molecule has 3 rings (SSSR count). The minimum absolute atomic E-state index is 0.250. The molecule has 1 aromatic heterocycles. The SMILES string of the molecule is CCCc1nc(CN(C)C(=O)Nc2ccc3c(c2)CCCN3C(=O)OC)no1. The summed E-state index contributed by atoms with van der Waals surface area (Å²) in [7, 11) is 3.04. The Kier molecular flexibility index (Phi) is 6.13. The van der Waals surface area contributed by atoms with Crippen molar-refractivity contribution in [1.29, 1.82) is 0 Å². The second-order valence-electron chi connectivity index (χ2n) is 6.71. The standard InChI is InChI=1S/C19H25N5O4/c1-4-6-17-21-16(22-28-17)12-23(2)18(25)20-14-8-9-15-13(11-14)7-5-10-24(15)19(26)27-3/h8-9,11H,4-7,10,12H2,1-3H3,(H,20,25). The van der Waals surface area contributed by atoms with Crippen LogP contribution in [0.4, 0.5) is 21.0 Å². The molecule has 9 heteroatoms. The highest BCUT2D eigenvalue weighted by Gasteiger charge is 2.23. The number of nitrogens with one attached hydrogen (secondary N) is 1. The summed E-state index contributed by atoms with van der Waals surface area (Å²) in [6.07, 6.45) is 2.95. The van der Waals surface area contributed by atoms with E-state index in [4.69, 9.17) is 9.26 Å². The maximum atomic E-state index is 12.5. The molecular formula is C19H25N5O4. The zero-order valence-corrected chi connectivity index (χ0v) is 16.4. The molecule has 0 aliphatic carbocycles. The molecule has 0 fully saturated rings. The molecule has 2 heterocycles. The highest BCUT2D eigenvalue weighted by molar-refractivity contribution is 5.92. The van der Waals surface area contributed by atoms with E-state index in [1.807, 2.05) is 19.1 Å². The molecular weight excluding hydrogens is 362 g/mol. The van der Waals surface area contributed by atoms with Gasteiger partial charge in [0.05, 0.1) is 19.3 Å². The van der Waals surface area contributed by atoms with E-state index >= 15 is 0 Å². The minimum atomic E-state index is -0.375. The lowest BCUT2D eigenvalue weighted by Crippen LogP contribution is -2.35. The number of methoxy groups -OCH3 is 1. The lowest BCUT2D eigenvalue weighted by atomic mass is 10.0. The maximum Gasteiger partial charge on any atom is 0.414 e. The van der Waals surface area contributed by atoms with Crippen LogP contribution in [0.2, 0.25) is 0 Å². The van der Waals surface area contributed by atoms with Gasteiger partial charge in [-0.05, 0) is 43.0 Å². The fraction of sp³-hybridized carbons (Fsp3) is 0.474. The molecule has 0 bridgehead atoms. The van der Waals surface area contributed by atoms with E-state index in [9.17, 15) is 9.59 Å². The topological polar surface area (TPSA) is 101 Å². The monoisotopic (exact) mass is 387 g/mol.